The van der Waals surface area contributed by atoms with Crippen molar-refractivity contribution < 1.29 is 25.2 Å². The van der Waals surface area contributed by atoms with Crippen molar-refractivity contribution in [2.75, 3.05) is 24.7 Å². The lowest BCUT2D eigenvalue weighted by Gasteiger charge is -2.15. The van der Waals surface area contributed by atoms with Crippen molar-refractivity contribution >= 4 is 20.2 Å². The summed E-state index contributed by atoms with van der Waals surface area (Å²) in [5.74, 6) is -0.991. The minimum absolute atomic E-state index is 0.198. The normalized spacial score (nSPS) is 13.3. The van der Waals surface area contributed by atoms with Crippen LogP contribution < -0.4 is 0 Å². The van der Waals surface area contributed by atoms with Gasteiger partial charge in [-0.25, -0.2) is 6.57 Å². The summed E-state index contributed by atoms with van der Waals surface area (Å²) >= 11 is 0. The molecule has 0 aliphatic rings. The molecule has 0 radical (unpaired) electrons. The highest BCUT2D eigenvalue weighted by Gasteiger charge is 2.27. The maximum Gasteiger partial charge on any atom is 0.267 e. The fraction of sp³-hybridized carbons (Fsp3) is 0.846. The van der Waals surface area contributed by atoms with Crippen molar-refractivity contribution in [3.8, 4) is 6.07 Å². The van der Waals surface area contributed by atoms with Gasteiger partial charge < -0.3 is 4.85 Å². The molecule has 0 unspecified atom stereocenters. The first kappa shape index (κ1) is 21.8. The van der Waals surface area contributed by atoms with Crippen LogP contribution in [0.4, 0.5) is 0 Å². The Morgan fingerprint density at radius 3 is 1.83 bits per heavy atom. The van der Waals surface area contributed by atoms with E-state index in [2.05, 4.69) is 4.85 Å². The van der Waals surface area contributed by atoms with Crippen LogP contribution in [0.5, 0.6) is 0 Å². The Bertz CT molecular complexity index is 621. The lowest BCUT2D eigenvalue weighted by atomic mass is 9.98. The number of rotatable bonds is 10. The van der Waals surface area contributed by atoms with E-state index in [0.717, 1.165) is 0 Å². The Morgan fingerprint density at radius 2 is 1.43 bits per heavy atom. The molecule has 0 aliphatic heterocycles. The molecular weight excluding hydrogens is 344 g/mol. The van der Waals surface area contributed by atoms with Gasteiger partial charge in [-0.05, 0) is 20.3 Å². The summed E-state index contributed by atoms with van der Waals surface area (Å²) in [5.41, 5.74) is -1.92. The second kappa shape index (κ2) is 8.06. The number of nitriles is 1. The van der Waals surface area contributed by atoms with E-state index >= 15 is 0 Å². The van der Waals surface area contributed by atoms with Gasteiger partial charge in [-0.15, -0.1) is 0 Å². The van der Waals surface area contributed by atoms with Gasteiger partial charge >= 0.3 is 0 Å². The highest BCUT2D eigenvalue weighted by molar-refractivity contribution is 7.87. The molecule has 0 aromatic heterocycles. The minimum Gasteiger partial charge on any atom is -0.308 e. The molecule has 0 aromatic carbocycles. The van der Waals surface area contributed by atoms with Crippen LogP contribution in [0.2, 0.25) is 0 Å². The summed E-state index contributed by atoms with van der Waals surface area (Å²) in [6, 6.07) is 1.90. The molecule has 132 valence electrons. The highest BCUT2D eigenvalue weighted by atomic mass is 32.2. The van der Waals surface area contributed by atoms with Crippen molar-refractivity contribution in [1.29, 1.82) is 5.26 Å². The van der Waals surface area contributed by atoms with E-state index < -0.39 is 42.7 Å². The fourth-order valence-corrected chi connectivity index (χ4v) is 3.42. The zero-order valence-electron chi connectivity index (χ0n) is 13.7. The molecule has 10 heteroatoms. The van der Waals surface area contributed by atoms with Crippen LogP contribution in [0.1, 0.15) is 34.1 Å². The quantitative estimate of drug-likeness (QED) is 0.423. The smallest absolute Gasteiger partial charge is 0.267 e. The third kappa shape index (κ3) is 10.2. The second-order valence-electron chi connectivity index (χ2n) is 6.32. The van der Waals surface area contributed by atoms with Gasteiger partial charge in [0.2, 0.25) is 0 Å². The van der Waals surface area contributed by atoms with Crippen molar-refractivity contribution in [2.45, 2.75) is 39.7 Å². The van der Waals surface area contributed by atoms with Gasteiger partial charge in [-0.2, -0.15) is 22.1 Å². The van der Waals surface area contributed by atoms with Crippen LogP contribution in [0.25, 0.3) is 4.85 Å². The first-order valence-electron chi connectivity index (χ1n) is 6.78. The zero-order chi connectivity index (χ0) is 18.4. The Balaban J connectivity index is 4.38. The summed E-state index contributed by atoms with van der Waals surface area (Å²) < 4.78 is 56.0. The molecule has 0 aromatic rings. The van der Waals surface area contributed by atoms with E-state index in [9.17, 15) is 16.8 Å². The Labute approximate surface area is 138 Å². The maximum absolute atomic E-state index is 11.6. The highest BCUT2D eigenvalue weighted by Crippen LogP contribution is 2.15. The monoisotopic (exact) mass is 366 g/mol. The molecule has 0 bridgehead atoms. The molecule has 8 nitrogen and oxygen atoms in total. The topological polar surface area (TPSA) is 115 Å². The minimum atomic E-state index is -3.91. The predicted molar refractivity (Wildman–Crippen MR) is 84.2 cm³/mol. The second-order valence-corrected chi connectivity index (χ2v) is 9.84. The van der Waals surface area contributed by atoms with E-state index in [1.165, 1.54) is 27.7 Å². The molecule has 0 amide bonds. The van der Waals surface area contributed by atoms with Gasteiger partial charge in [0.05, 0.1) is 29.6 Å². The van der Waals surface area contributed by atoms with Gasteiger partial charge in [0.1, 0.15) is 6.61 Å². The van der Waals surface area contributed by atoms with Gasteiger partial charge in [-0.3, -0.25) is 8.37 Å². The van der Waals surface area contributed by atoms with Gasteiger partial charge in [-0.1, -0.05) is 0 Å². The molecule has 0 N–H and O–H groups in total. The lowest BCUT2D eigenvalue weighted by Crippen LogP contribution is -2.26. The predicted octanol–water partition coefficient (Wildman–Crippen LogP) is 1.32. The van der Waals surface area contributed by atoms with Crippen molar-refractivity contribution in [3.63, 3.8) is 0 Å². The van der Waals surface area contributed by atoms with E-state index in [0.29, 0.717) is 0 Å². The average Bonchev–Trinajstić information content (AvgIpc) is 2.43. The lowest BCUT2D eigenvalue weighted by molar-refractivity contribution is 0.232. The summed E-state index contributed by atoms with van der Waals surface area (Å²) in [7, 11) is -7.83. The maximum atomic E-state index is 11.6. The van der Waals surface area contributed by atoms with E-state index in [1.807, 2.05) is 6.07 Å². The van der Waals surface area contributed by atoms with Gasteiger partial charge in [0.25, 0.3) is 25.8 Å². The van der Waals surface area contributed by atoms with Crippen molar-refractivity contribution in [2.24, 2.45) is 5.41 Å². The molecule has 0 spiro atoms. The summed E-state index contributed by atoms with van der Waals surface area (Å²) in [5, 5.41) is 8.78. The largest absolute Gasteiger partial charge is 0.308 e. The van der Waals surface area contributed by atoms with Crippen LogP contribution in [-0.2, 0) is 28.6 Å². The first-order chi connectivity index (χ1) is 10.2. The standard InChI is InChI=1S/C13H22N2O6S2/c1-12(2,9-14)10-20-22(16,17)7-6-8-23(18,19)21-11-13(3,4)15-5/h6-8,10-11H2,1-4H3. The van der Waals surface area contributed by atoms with Crippen LogP contribution in [-0.4, -0.2) is 47.1 Å². The summed E-state index contributed by atoms with van der Waals surface area (Å²) in [4.78, 5) is 3.22. The molecular formula is C13H22N2O6S2. The molecule has 0 heterocycles. The fourth-order valence-electron chi connectivity index (χ4n) is 1.07. The molecule has 23 heavy (non-hydrogen) atoms. The Kier molecular flexibility index (Phi) is 7.64. The van der Waals surface area contributed by atoms with Crippen LogP contribution >= 0.6 is 0 Å². The van der Waals surface area contributed by atoms with Gasteiger partial charge in [0.15, 0.2) is 0 Å². The third-order valence-corrected chi connectivity index (χ3v) is 5.12. The van der Waals surface area contributed by atoms with E-state index in [4.69, 9.17) is 20.2 Å². The van der Waals surface area contributed by atoms with Gasteiger partial charge in [0, 0.05) is 13.8 Å². The van der Waals surface area contributed by atoms with E-state index in [-0.39, 0.29) is 19.6 Å². The van der Waals surface area contributed by atoms with E-state index in [1.54, 1.807) is 0 Å². The summed E-state index contributed by atoms with van der Waals surface area (Å²) in [6.07, 6.45) is -0.198. The summed E-state index contributed by atoms with van der Waals surface area (Å²) in [6.45, 7) is 12.4. The number of hydrogen-bond acceptors (Lipinski definition) is 7. The molecule has 0 rings (SSSR count). The van der Waals surface area contributed by atoms with Crippen LogP contribution in [0, 0.1) is 23.3 Å². The molecule has 0 saturated heterocycles. The third-order valence-electron chi connectivity index (χ3n) is 2.59. The SMILES string of the molecule is [C-]#[N+]C(C)(C)COS(=O)(=O)CCCS(=O)(=O)OCC(C)(C)C#N. The molecule has 0 saturated carbocycles. The first-order valence-corrected chi connectivity index (χ1v) is 9.94. The number of nitrogens with zero attached hydrogens (tertiary/aromatic N) is 2. The molecule has 0 fully saturated rings. The Morgan fingerprint density at radius 1 is 1.00 bits per heavy atom. The molecule has 0 atom stereocenters. The average molecular weight is 366 g/mol. The van der Waals surface area contributed by atoms with Crippen LogP contribution in [0.15, 0.2) is 0 Å². The van der Waals surface area contributed by atoms with Crippen molar-refractivity contribution in [1.82, 2.24) is 0 Å². The molecule has 0 aliphatic carbocycles. The van der Waals surface area contributed by atoms with Crippen LogP contribution in [0.3, 0.4) is 0 Å². The van der Waals surface area contributed by atoms with Crippen molar-refractivity contribution in [3.05, 3.63) is 11.4 Å². The zero-order valence-corrected chi connectivity index (χ0v) is 15.3. The number of hydrogen-bond donors (Lipinski definition) is 0. The Hall–Kier alpha value is -1.20.